The highest BCUT2D eigenvalue weighted by Gasteiger charge is 2.34. The molecule has 1 heterocycles. The lowest BCUT2D eigenvalue weighted by Gasteiger charge is -2.39. The van der Waals surface area contributed by atoms with E-state index in [1.165, 1.54) is 5.70 Å². The van der Waals surface area contributed by atoms with E-state index in [0.717, 1.165) is 37.3 Å². The average molecular weight is 347 g/mol. The summed E-state index contributed by atoms with van der Waals surface area (Å²) in [6.07, 6.45) is 7.69. The van der Waals surface area contributed by atoms with Gasteiger partial charge in [0.15, 0.2) is 0 Å². The Balaban J connectivity index is 2.37. The molecule has 0 radical (unpaired) electrons. The van der Waals surface area contributed by atoms with Crippen molar-refractivity contribution in [3.8, 4) is 0 Å². The van der Waals surface area contributed by atoms with E-state index in [2.05, 4.69) is 63.2 Å². The molecule has 0 spiro atoms. The van der Waals surface area contributed by atoms with Crippen LogP contribution in [0.4, 0.5) is 0 Å². The summed E-state index contributed by atoms with van der Waals surface area (Å²) >= 11 is 0. The third-order valence-electron chi connectivity index (χ3n) is 5.39. The van der Waals surface area contributed by atoms with Crippen molar-refractivity contribution in [1.29, 1.82) is 0 Å². The van der Waals surface area contributed by atoms with Crippen molar-refractivity contribution in [2.75, 3.05) is 19.6 Å². The highest BCUT2D eigenvalue weighted by Crippen LogP contribution is 2.30. The van der Waals surface area contributed by atoms with Gasteiger partial charge in [-0.2, -0.15) is 0 Å². The summed E-state index contributed by atoms with van der Waals surface area (Å²) in [6.45, 7) is 15.1. The summed E-state index contributed by atoms with van der Waals surface area (Å²) < 4.78 is 0. The standard InChI is InChI=1S/C20H34N4O/c1-14(2)17-8-9-19(15(3)18(12-17)22-21)23-10-7-11-24(16(4)25)20(5,6)13-23/h8-9,12,14,17,22H,7,10-11,13,21H2,1-6H3. The van der Waals surface area contributed by atoms with Crippen LogP contribution in [0, 0.1) is 11.8 Å². The molecule has 0 aromatic heterocycles. The van der Waals surface area contributed by atoms with Crippen LogP contribution in [0.1, 0.15) is 48.0 Å². The van der Waals surface area contributed by atoms with E-state index in [4.69, 9.17) is 5.84 Å². The maximum absolute atomic E-state index is 12.0. The van der Waals surface area contributed by atoms with Crippen LogP contribution in [0.3, 0.4) is 0 Å². The lowest BCUT2D eigenvalue weighted by molar-refractivity contribution is -0.133. The Labute approximate surface area is 152 Å². The number of nitrogens with zero attached hydrogens (tertiary/aromatic N) is 2. The molecular weight excluding hydrogens is 312 g/mol. The minimum atomic E-state index is -0.201. The molecule has 1 atom stereocenters. The fourth-order valence-corrected chi connectivity index (χ4v) is 3.89. The van der Waals surface area contributed by atoms with Crippen LogP contribution in [0.15, 0.2) is 35.2 Å². The van der Waals surface area contributed by atoms with Gasteiger partial charge >= 0.3 is 0 Å². The van der Waals surface area contributed by atoms with Crippen LogP contribution in [0.25, 0.3) is 0 Å². The van der Waals surface area contributed by atoms with E-state index in [0.29, 0.717) is 11.8 Å². The Morgan fingerprint density at radius 1 is 1.36 bits per heavy atom. The molecule has 1 aliphatic carbocycles. The Morgan fingerprint density at radius 2 is 2.04 bits per heavy atom. The van der Waals surface area contributed by atoms with Crippen LogP contribution in [0.2, 0.25) is 0 Å². The summed E-state index contributed by atoms with van der Waals surface area (Å²) in [5.74, 6) is 6.83. The molecule has 1 amide bonds. The lowest BCUT2D eigenvalue weighted by Crippen LogP contribution is -2.51. The van der Waals surface area contributed by atoms with Crippen molar-refractivity contribution in [2.24, 2.45) is 17.7 Å². The predicted molar refractivity (Wildman–Crippen MR) is 103 cm³/mol. The van der Waals surface area contributed by atoms with Gasteiger partial charge in [0.1, 0.15) is 0 Å². The zero-order valence-corrected chi connectivity index (χ0v) is 16.6. The second-order valence-electron chi connectivity index (χ2n) is 8.17. The van der Waals surface area contributed by atoms with Crippen LogP contribution < -0.4 is 11.3 Å². The molecule has 1 aliphatic heterocycles. The molecule has 0 aromatic rings. The van der Waals surface area contributed by atoms with Crippen LogP contribution >= 0.6 is 0 Å². The van der Waals surface area contributed by atoms with Gasteiger partial charge in [-0.3, -0.25) is 10.6 Å². The third kappa shape index (κ3) is 4.27. The zero-order valence-electron chi connectivity index (χ0n) is 16.6. The van der Waals surface area contributed by atoms with E-state index < -0.39 is 0 Å². The third-order valence-corrected chi connectivity index (χ3v) is 5.39. The molecule has 2 aliphatic rings. The molecular formula is C20H34N4O. The molecule has 0 aromatic carbocycles. The van der Waals surface area contributed by atoms with E-state index in [-0.39, 0.29) is 11.4 Å². The molecule has 140 valence electrons. The van der Waals surface area contributed by atoms with Crippen LogP contribution in [-0.4, -0.2) is 40.9 Å². The summed E-state index contributed by atoms with van der Waals surface area (Å²) in [6, 6.07) is 0. The van der Waals surface area contributed by atoms with Gasteiger partial charge in [-0.05, 0) is 50.7 Å². The Bertz CT molecular complexity index is 601. The van der Waals surface area contributed by atoms with Crippen molar-refractivity contribution in [2.45, 2.75) is 53.5 Å². The topological polar surface area (TPSA) is 61.6 Å². The van der Waals surface area contributed by atoms with Crippen LogP contribution in [-0.2, 0) is 4.79 Å². The molecule has 1 fully saturated rings. The average Bonchev–Trinajstić information content (AvgIpc) is 2.78. The van der Waals surface area contributed by atoms with Gasteiger partial charge in [0.25, 0.3) is 0 Å². The molecule has 1 saturated heterocycles. The Kier molecular flexibility index (Phi) is 5.99. The van der Waals surface area contributed by atoms with Gasteiger partial charge in [-0.15, -0.1) is 0 Å². The van der Waals surface area contributed by atoms with Crippen molar-refractivity contribution in [3.05, 3.63) is 35.2 Å². The number of carbonyl (C=O) groups is 1. The van der Waals surface area contributed by atoms with Crippen molar-refractivity contribution in [1.82, 2.24) is 15.2 Å². The summed E-state index contributed by atoms with van der Waals surface area (Å²) in [4.78, 5) is 16.4. The number of carbonyl (C=O) groups excluding carboxylic acids is 1. The molecule has 0 saturated carbocycles. The van der Waals surface area contributed by atoms with Crippen molar-refractivity contribution >= 4 is 5.91 Å². The highest BCUT2D eigenvalue weighted by molar-refractivity contribution is 5.74. The maximum Gasteiger partial charge on any atom is 0.219 e. The highest BCUT2D eigenvalue weighted by atomic mass is 16.2. The minimum absolute atomic E-state index is 0.151. The SMILES string of the molecule is CC(=O)N1CCCN(C2=C(C)C(NN)=CC(C(C)C)C=C2)CC1(C)C. The summed E-state index contributed by atoms with van der Waals surface area (Å²) in [7, 11) is 0. The number of hydrogen-bond acceptors (Lipinski definition) is 4. The summed E-state index contributed by atoms with van der Waals surface area (Å²) in [5, 5.41) is 0. The molecule has 5 nitrogen and oxygen atoms in total. The first-order valence-corrected chi connectivity index (χ1v) is 9.28. The minimum Gasteiger partial charge on any atom is -0.369 e. The summed E-state index contributed by atoms with van der Waals surface area (Å²) in [5.41, 5.74) is 6.03. The first-order chi connectivity index (χ1) is 11.7. The van der Waals surface area contributed by atoms with Gasteiger partial charge in [-0.1, -0.05) is 26.0 Å². The van der Waals surface area contributed by atoms with Crippen LogP contribution in [0.5, 0.6) is 0 Å². The predicted octanol–water partition coefficient (Wildman–Crippen LogP) is 2.78. The number of allylic oxidation sites excluding steroid dienone is 4. The first kappa shape index (κ1) is 19.6. The Hall–Kier alpha value is -1.75. The van der Waals surface area contributed by atoms with Gasteiger partial charge in [0.2, 0.25) is 5.91 Å². The number of nitrogens with two attached hydrogens (primary N) is 1. The number of amides is 1. The molecule has 3 N–H and O–H groups in total. The van der Waals surface area contributed by atoms with Gasteiger partial charge < -0.3 is 15.2 Å². The zero-order chi connectivity index (χ0) is 18.8. The Morgan fingerprint density at radius 3 is 2.60 bits per heavy atom. The largest absolute Gasteiger partial charge is 0.369 e. The number of nitrogens with one attached hydrogen (secondary N) is 1. The normalized spacial score (nSPS) is 24.2. The molecule has 2 rings (SSSR count). The van der Waals surface area contributed by atoms with Gasteiger partial charge in [0.05, 0.1) is 11.2 Å². The monoisotopic (exact) mass is 346 g/mol. The fourth-order valence-electron chi connectivity index (χ4n) is 3.89. The maximum atomic E-state index is 12.0. The number of hydrogen-bond donors (Lipinski definition) is 2. The van der Waals surface area contributed by atoms with Crippen molar-refractivity contribution in [3.63, 3.8) is 0 Å². The number of hydrazine groups is 1. The van der Waals surface area contributed by atoms with E-state index in [1.807, 2.05) is 4.90 Å². The lowest BCUT2D eigenvalue weighted by atomic mass is 9.94. The van der Waals surface area contributed by atoms with Gasteiger partial charge in [0, 0.05) is 32.3 Å². The quantitative estimate of drug-likeness (QED) is 0.609. The van der Waals surface area contributed by atoms with Gasteiger partial charge in [-0.25, -0.2) is 0 Å². The second kappa shape index (κ2) is 7.65. The first-order valence-electron chi connectivity index (χ1n) is 9.28. The van der Waals surface area contributed by atoms with E-state index >= 15 is 0 Å². The molecule has 5 heteroatoms. The smallest absolute Gasteiger partial charge is 0.219 e. The van der Waals surface area contributed by atoms with Crippen molar-refractivity contribution < 1.29 is 4.79 Å². The van der Waals surface area contributed by atoms with E-state index in [1.54, 1.807) is 6.92 Å². The molecule has 25 heavy (non-hydrogen) atoms. The molecule has 1 unspecified atom stereocenters. The number of rotatable bonds is 3. The fraction of sp³-hybridized carbons (Fsp3) is 0.650. The molecule has 0 bridgehead atoms. The van der Waals surface area contributed by atoms with E-state index in [9.17, 15) is 4.79 Å². The second-order valence-corrected chi connectivity index (χ2v) is 8.17.